The van der Waals surface area contributed by atoms with Gasteiger partial charge in [-0.15, -0.1) is 0 Å². The molecule has 0 aromatic heterocycles. The molecule has 2 amide bonds. The number of rotatable bonds is 7. The van der Waals surface area contributed by atoms with Crippen LogP contribution in [0.5, 0.6) is 0 Å². The maximum atomic E-state index is 11.5. The van der Waals surface area contributed by atoms with Crippen molar-refractivity contribution in [1.82, 2.24) is 5.32 Å². The molecule has 0 spiro atoms. The van der Waals surface area contributed by atoms with Crippen LogP contribution in [-0.2, 0) is 20.7 Å². The van der Waals surface area contributed by atoms with Crippen molar-refractivity contribution in [1.29, 1.82) is 0 Å². The normalized spacial score (nSPS) is 11.9. The van der Waals surface area contributed by atoms with Crippen LogP contribution < -0.4 is 11.1 Å². The van der Waals surface area contributed by atoms with Gasteiger partial charge < -0.3 is 15.8 Å². The van der Waals surface area contributed by atoms with Crippen molar-refractivity contribution in [2.24, 2.45) is 5.73 Å². The third-order valence-corrected chi connectivity index (χ3v) is 3.00. The molecule has 1 rings (SSSR count). The number of ether oxygens (including phenoxy) is 1. The van der Waals surface area contributed by atoms with E-state index in [0.717, 1.165) is 10.0 Å². The summed E-state index contributed by atoms with van der Waals surface area (Å²) in [5.74, 6) is -0.907. The van der Waals surface area contributed by atoms with Gasteiger partial charge in [-0.3, -0.25) is 9.59 Å². The summed E-state index contributed by atoms with van der Waals surface area (Å²) in [6.45, 7) is 2.17. The lowest BCUT2D eigenvalue weighted by atomic mass is 10.1. The lowest BCUT2D eigenvalue weighted by Gasteiger charge is -2.15. The fourth-order valence-electron chi connectivity index (χ4n) is 1.51. The largest absolute Gasteiger partial charge is 0.372 e. The Bertz CT molecular complexity index is 434. The number of hydrogen-bond acceptors (Lipinski definition) is 3. The zero-order valence-electron chi connectivity index (χ0n) is 10.7. The van der Waals surface area contributed by atoms with E-state index in [1.165, 1.54) is 0 Å². The van der Waals surface area contributed by atoms with E-state index in [9.17, 15) is 9.59 Å². The van der Waals surface area contributed by atoms with Crippen molar-refractivity contribution >= 4 is 27.7 Å². The number of primary amides is 1. The third kappa shape index (κ3) is 5.85. The standard InChI is InChI=1S/C13H17BrN2O3/c1-2-19-8-12(17)16-11(13(15)18)7-9-3-5-10(14)6-4-9/h3-6,11H,2,7-8H2,1H3,(H2,15,18)(H,16,17)/t11-/m0/s1. The van der Waals surface area contributed by atoms with Gasteiger partial charge in [0.1, 0.15) is 12.6 Å². The number of amides is 2. The minimum atomic E-state index is -0.728. The molecule has 0 aliphatic carbocycles. The minimum Gasteiger partial charge on any atom is -0.372 e. The molecule has 0 unspecified atom stereocenters. The van der Waals surface area contributed by atoms with Crippen LogP contribution >= 0.6 is 15.9 Å². The molecule has 0 bridgehead atoms. The summed E-state index contributed by atoms with van der Waals surface area (Å²) in [6.07, 6.45) is 0.362. The molecule has 5 nitrogen and oxygen atoms in total. The Labute approximate surface area is 120 Å². The molecule has 104 valence electrons. The first-order valence-electron chi connectivity index (χ1n) is 5.93. The van der Waals surface area contributed by atoms with Gasteiger partial charge in [0.2, 0.25) is 11.8 Å². The summed E-state index contributed by atoms with van der Waals surface area (Å²) in [5, 5.41) is 2.56. The molecule has 1 aromatic carbocycles. The minimum absolute atomic E-state index is 0.0688. The van der Waals surface area contributed by atoms with Gasteiger partial charge in [0.15, 0.2) is 0 Å². The van der Waals surface area contributed by atoms with Crippen molar-refractivity contribution < 1.29 is 14.3 Å². The van der Waals surface area contributed by atoms with E-state index in [0.29, 0.717) is 13.0 Å². The van der Waals surface area contributed by atoms with E-state index in [2.05, 4.69) is 21.2 Å². The Morgan fingerprint density at radius 1 is 1.37 bits per heavy atom. The Morgan fingerprint density at radius 2 is 2.00 bits per heavy atom. The van der Waals surface area contributed by atoms with Crippen LogP contribution in [0.3, 0.4) is 0 Å². The smallest absolute Gasteiger partial charge is 0.246 e. The SMILES string of the molecule is CCOCC(=O)N[C@@H](Cc1ccc(Br)cc1)C(N)=O. The maximum Gasteiger partial charge on any atom is 0.246 e. The van der Waals surface area contributed by atoms with Crippen LogP contribution in [0.15, 0.2) is 28.7 Å². The van der Waals surface area contributed by atoms with Crippen LogP contribution in [0.1, 0.15) is 12.5 Å². The topological polar surface area (TPSA) is 81.4 Å². The van der Waals surface area contributed by atoms with Gasteiger partial charge >= 0.3 is 0 Å². The van der Waals surface area contributed by atoms with E-state index in [1.807, 2.05) is 24.3 Å². The average molecular weight is 329 g/mol. The molecular formula is C13H17BrN2O3. The summed E-state index contributed by atoms with van der Waals surface area (Å²) in [7, 11) is 0. The lowest BCUT2D eigenvalue weighted by Crippen LogP contribution is -2.47. The van der Waals surface area contributed by atoms with Crippen molar-refractivity contribution in [3.63, 3.8) is 0 Å². The number of hydrogen-bond donors (Lipinski definition) is 2. The van der Waals surface area contributed by atoms with Gasteiger partial charge in [0.25, 0.3) is 0 Å². The summed E-state index contributed by atoms with van der Waals surface area (Å²) in [4.78, 5) is 22.8. The highest BCUT2D eigenvalue weighted by Gasteiger charge is 2.18. The lowest BCUT2D eigenvalue weighted by molar-refractivity contribution is -0.130. The zero-order chi connectivity index (χ0) is 14.3. The molecule has 0 fully saturated rings. The molecular weight excluding hydrogens is 312 g/mol. The molecule has 19 heavy (non-hydrogen) atoms. The average Bonchev–Trinajstić information content (AvgIpc) is 2.38. The third-order valence-electron chi connectivity index (χ3n) is 2.47. The highest BCUT2D eigenvalue weighted by Crippen LogP contribution is 2.11. The monoisotopic (exact) mass is 328 g/mol. The summed E-state index contributed by atoms with van der Waals surface area (Å²) in [5.41, 5.74) is 6.21. The fourth-order valence-corrected chi connectivity index (χ4v) is 1.77. The number of halogens is 1. The van der Waals surface area contributed by atoms with Gasteiger partial charge in [-0.2, -0.15) is 0 Å². The highest BCUT2D eigenvalue weighted by atomic mass is 79.9. The van der Waals surface area contributed by atoms with Gasteiger partial charge in [-0.1, -0.05) is 28.1 Å². The Balaban J connectivity index is 2.60. The number of nitrogens with two attached hydrogens (primary N) is 1. The van der Waals surface area contributed by atoms with E-state index < -0.39 is 11.9 Å². The Morgan fingerprint density at radius 3 is 2.53 bits per heavy atom. The Hall–Kier alpha value is -1.40. The van der Waals surface area contributed by atoms with Crippen LogP contribution in [0.2, 0.25) is 0 Å². The summed E-state index contributed by atoms with van der Waals surface area (Å²) >= 11 is 3.33. The second-order valence-electron chi connectivity index (χ2n) is 3.99. The zero-order valence-corrected chi connectivity index (χ0v) is 12.3. The molecule has 1 aromatic rings. The van der Waals surface area contributed by atoms with E-state index in [4.69, 9.17) is 10.5 Å². The molecule has 0 radical (unpaired) electrons. The molecule has 0 saturated heterocycles. The molecule has 0 saturated carbocycles. The first-order valence-corrected chi connectivity index (χ1v) is 6.73. The number of nitrogens with one attached hydrogen (secondary N) is 1. The van der Waals surface area contributed by atoms with Crippen LogP contribution in [0.4, 0.5) is 0 Å². The maximum absolute atomic E-state index is 11.5. The summed E-state index contributed by atoms with van der Waals surface area (Å²) in [6, 6.07) is 6.75. The number of benzene rings is 1. The number of carbonyl (C=O) groups is 2. The van der Waals surface area contributed by atoms with E-state index >= 15 is 0 Å². The van der Waals surface area contributed by atoms with Gasteiger partial charge in [0, 0.05) is 17.5 Å². The highest BCUT2D eigenvalue weighted by molar-refractivity contribution is 9.10. The van der Waals surface area contributed by atoms with E-state index in [-0.39, 0.29) is 12.5 Å². The van der Waals surface area contributed by atoms with Crippen molar-refractivity contribution in [3.8, 4) is 0 Å². The summed E-state index contributed by atoms with van der Waals surface area (Å²) < 4.78 is 5.92. The predicted octanol–water partition coefficient (Wildman–Crippen LogP) is 0.998. The fraction of sp³-hybridized carbons (Fsp3) is 0.385. The second-order valence-corrected chi connectivity index (χ2v) is 4.91. The predicted molar refractivity (Wildman–Crippen MR) is 75.5 cm³/mol. The molecule has 0 aliphatic heterocycles. The van der Waals surface area contributed by atoms with Gasteiger partial charge in [-0.25, -0.2) is 0 Å². The van der Waals surface area contributed by atoms with Crippen LogP contribution in [0, 0.1) is 0 Å². The molecule has 0 aliphatic rings. The van der Waals surface area contributed by atoms with Crippen molar-refractivity contribution in [2.45, 2.75) is 19.4 Å². The number of carbonyl (C=O) groups excluding carboxylic acids is 2. The van der Waals surface area contributed by atoms with Crippen LogP contribution in [-0.4, -0.2) is 31.1 Å². The molecule has 3 N–H and O–H groups in total. The van der Waals surface area contributed by atoms with Crippen molar-refractivity contribution in [2.75, 3.05) is 13.2 Å². The quantitative estimate of drug-likeness (QED) is 0.783. The Kier molecular flexibility index (Phi) is 6.52. The first-order chi connectivity index (χ1) is 9.02. The molecule has 1 atom stereocenters. The second kappa shape index (κ2) is 7.91. The van der Waals surface area contributed by atoms with E-state index in [1.54, 1.807) is 6.92 Å². The van der Waals surface area contributed by atoms with Crippen LogP contribution in [0.25, 0.3) is 0 Å². The van der Waals surface area contributed by atoms with Gasteiger partial charge in [-0.05, 0) is 24.6 Å². The van der Waals surface area contributed by atoms with Crippen molar-refractivity contribution in [3.05, 3.63) is 34.3 Å². The molecule has 0 heterocycles. The van der Waals surface area contributed by atoms with Gasteiger partial charge in [0.05, 0.1) is 0 Å². The first kappa shape index (κ1) is 15.7. The molecule has 6 heteroatoms.